The normalized spacial score (nSPS) is 18.9. The van der Waals surface area contributed by atoms with E-state index >= 15 is 0 Å². The van der Waals surface area contributed by atoms with Gasteiger partial charge in [-0.3, -0.25) is 14.1 Å². The fraction of sp³-hybridized carbons (Fsp3) is 0.300. The number of nitriles is 1. The number of anilines is 1. The number of pyridine rings is 1. The van der Waals surface area contributed by atoms with Crippen LogP contribution in [0.15, 0.2) is 39.8 Å². The summed E-state index contributed by atoms with van der Waals surface area (Å²) >= 11 is 6.03. The summed E-state index contributed by atoms with van der Waals surface area (Å²) in [5, 5.41) is 11.5. The molecule has 0 fully saturated rings. The third-order valence-corrected chi connectivity index (χ3v) is 7.34. The fourth-order valence-corrected chi connectivity index (χ4v) is 5.57. The molecule has 1 aromatic heterocycles. The lowest BCUT2D eigenvalue weighted by molar-refractivity contribution is 0.102. The van der Waals surface area contributed by atoms with E-state index < -0.39 is 21.6 Å². The number of benzene rings is 1. The molecule has 0 aliphatic carbocycles. The van der Waals surface area contributed by atoms with Gasteiger partial charge in [0, 0.05) is 31.0 Å². The largest absolute Gasteiger partial charge is 0.369 e. The van der Waals surface area contributed by atoms with Crippen LogP contribution >= 0.6 is 11.6 Å². The van der Waals surface area contributed by atoms with E-state index in [1.54, 1.807) is 0 Å². The number of halogens is 2. The number of hydrogen-bond donors (Lipinski definition) is 2. The first-order valence-electron chi connectivity index (χ1n) is 9.63. The van der Waals surface area contributed by atoms with Crippen molar-refractivity contribution in [2.75, 3.05) is 25.5 Å². The molecule has 0 saturated carbocycles. The van der Waals surface area contributed by atoms with Crippen LogP contribution in [0.4, 0.5) is 10.1 Å². The van der Waals surface area contributed by atoms with Crippen molar-refractivity contribution in [3.05, 3.63) is 58.1 Å². The van der Waals surface area contributed by atoms with E-state index in [4.69, 9.17) is 22.6 Å². The smallest absolute Gasteiger partial charge is 0.275 e. The molecule has 2 heterocycles. The van der Waals surface area contributed by atoms with Crippen molar-refractivity contribution in [2.24, 2.45) is 15.1 Å². The Morgan fingerprint density at radius 2 is 2.22 bits per heavy atom. The van der Waals surface area contributed by atoms with Crippen LogP contribution in [0.3, 0.4) is 0 Å². The Labute approximate surface area is 190 Å². The Kier molecular flexibility index (Phi) is 7.27. The minimum atomic E-state index is -3.08. The molecule has 9 nitrogen and oxygen atoms in total. The van der Waals surface area contributed by atoms with E-state index in [0.717, 1.165) is 12.8 Å². The van der Waals surface area contributed by atoms with Crippen LogP contribution < -0.4 is 11.1 Å². The summed E-state index contributed by atoms with van der Waals surface area (Å²) in [5.41, 5.74) is 6.42. The minimum Gasteiger partial charge on any atom is -0.369 e. The number of guanidine groups is 1. The highest BCUT2D eigenvalue weighted by Crippen LogP contribution is 2.23. The molecule has 0 radical (unpaired) electrons. The Hall–Kier alpha value is -3.23. The Bertz CT molecular complexity index is 1230. The summed E-state index contributed by atoms with van der Waals surface area (Å²) in [6, 6.07) is 7.12. The number of rotatable bonds is 4. The van der Waals surface area contributed by atoms with Crippen LogP contribution in [0.1, 0.15) is 34.5 Å². The number of hydrogen-bond acceptors (Lipinski definition) is 6. The average Bonchev–Trinajstić information content (AvgIpc) is 2.96. The van der Waals surface area contributed by atoms with Crippen LogP contribution in [-0.2, 0) is 15.7 Å². The monoisotopic (exact) mass is 477 g/mol. The molecule has 1 unspecified atom stereocenters. The number of aliphatic imine (C=N–C) groups is 1. The second-order valence-electron chi connectivity index (χ2n) is 6.92. The SMILES string of the molecule is C/N=C(/N)N1CCCCN=S1(=O)Cc1cc(NC(=O)c2ncc(C#N)cc2Cl)ccc1F. The van der Waals surface area contributed by atoms with Gasteiger partial charge in [0.25, 0.3) is 5.91 Å². The maximum absolute atomic E-state index is 14.6. The third kappa shape index (κ3) is 5.15. The molecule has 32 heavy (non-hydrogen) atoms. The molecule has 1 aliphatic rings. The van der Waals surface area contributed by atoms with Crippen molar-refractivity contribution in [3.63, 3.8) is 0 Å². The zero-order valence-corrected chi connectivity index (χ0v) is 18.8. The number of amides is 1. The third-order valence-electron chi connectivity index (χ3n) is 4.72. The molecule has 1 amide bonds. The van der Waals surface area contributed by atoms with Gasteiger partial charge >= 0.3 is 0 Å². The molecule has 0 saturated heterocycles. The van der Waals surface area contributed by atoms with Crippen molar-refractivity contribution in [1.82, 2.24) is 9.29 Å². The van der Waals surface area contributed by atoms with E-state index in [2.05, 4.69) is 19.7 Å². The molecule has 3 N–H and O–H groups in total. The summed E-state index contributed by atoms with van der Waals surface area (Å²) in [7, 11) is -1.60. The number of aromatic nitrogens is 1. The lowest BCUT2D eigenvalue weighted by atomic mass is 10.2. The van der Waals surface area contributed by atoms with Crippen LogP contribution in [0.2, 0.25) is 5.02 Å². The highest BCUT2D eigenvalue weighted by Gasteiger charge is 2.26. The second-order valence-corrected chi connectivity index (χ2v) is 9.53. The van der Waals surface area contributed by atoms with Gasteiger partial charge < -0.3 is 11.1 Å². The van der Waals surface area contributed by atoms with Gasteiger partial charge in [-0.1, -0.05) is 11.6 Å². The maximum Gasteiger partial charge on any atom is 0.275 e. The zero-order chi connectivity index (χ0) is 23.3. The Balaban J connectivity index is 1.89. The highest BCUT2D eigenvalue weighted by atomic mass is 35.5. The van der Waals surface area contributed by atoms with Crippen molar-refractivity contribution in [3.8, 4) is 6.07 Å². The first kappa shape index (κ1) is 23.4. The van der Waals surface area contributed by atoms with Crippen LogP contribution in [0, 0.1) is 17.1 Å². The fourth-order valence-electron chi connectivity index (χ4n) is 3.10. The molecule has 1 aromatic carbocycles. The van der Waals surface area contributed by atoms with Crippen LogP contribution in [0.25, 0.3) is 0 Å². The summed E-state index contributed by atoms with van der Waals surface area (Å²) in [6.45, 7) is 0.764. The molecule has 168 valence electrons. The van der Waals surface area contributed by atoms with Gasteiger partial charge in [-0.2, -0.15) is 5.26 Å². The van der Waals surface area contributed by atoms with Crippen molar-refractivity contribution in [2.45, 2.75) is 18.6 Å². The van der Waals surface area contributed by atoms with Gasteiger partial charge in [0.1, 0.15) is 27.5 Å². The number of nitrogens with zero attached hydrogens (tertiary/aromatic N) is 5. The first-order valence-corrected chi connectivity index (χ1v) is 11.7. The summed E-state index contributed by atoms with van der Waals surface area (Å²) in [4.78, 5) is 20.4. The molecule has 1 aliphatic heterocycles. The van der Waals surface area contributed by atoms with Gasteiger partial charge in [-0.15, -0.1) is 0 Å². The molecule has 2 aromatic rings. The quantitative estimate of drug-likeness (QED) is 0.515. The summed E-state index contributed by atoms with van der Waals surface area (Å²) < 4.78 is 33.9. The van der Waals surface area contributed by atoms with Gasteiger partial charge in [-0.25, -0.2) is 17.9 Å². The van der Waals surface area contributed by atoms with Crippen LogP contribution in [-0.4, -0.2) is 45.5 Å². The van der Waals surface area contributed by atoms with E-state index in [9.17, 15) is 13.4 Å². The van der Waals surface area contributed by atoms with Gasteiger partial charge in [0.2, 0.25) is 5.96 Å². The predicted octanol–water partition coefficient (Wildman–Crippen LogP) is 2.92. The van der Waals surface area contributed by atoms with E-state index in [-0.39, 0.29) is 39.2 Å². The molecule has 12 heteroatoms. The predicted molar refractivity (Wildman–Crippen MR) is 121 cm³/mol. The first-order chi connectivity index (χ1) is 15.3. The Morgan fingerprint density at radius 3 is 2.91 bits per heavy atom. The number of carbonyl (C=O) groups is 1. The molecule has 3 rings (SSSR count). The minimum absolute atomic E-state index is 0.00839. The van der Waals surface area contributed by atoms with Gasteiger partial charge in [-0.05, 0) is 37.1 Å². The number of nitrogens with one attached hydrogen (secondary N) is 1. The van der Waals surface area contributed by atoms with Gasteiger partial charge in [0.05, 0.1) is 22.9 Å². The maximum atomic E-state index is 14.6. The second kappa shape index (κ2) is 9.93. The topological polar surface area (TPSA) is 137 Å². The Morgan fingerprint density at radius 1 is 1.44 bits per heavy atom. The van der Waals surface area contributed by atoms with Crippen molar-refractivity contribution in [1.29, 1.82) is 5.26 Å². The lowest BCUT2D eigenvalue weighted by Gasteiger charge is -2.25. The average molecular weight is 478 g/mol. The van der Waals surface area contributed by atoms with Crippen molar-refractivity contribution >= 4 is 39.1 Å². The molecule has 1 atom stereocenters. The van der Waals surface area contributed by atoms with Gasteiger partial charge in [0.15, 0.2) is 0 Å². The van der Waals surface area contributed by atoms with E-state index in [1.807, 2.05) is 6.07 Å². The van der Waals surface area contributed by atoms with E-state index in [0.29, 0.717) is 13.1 Å². The molecular formula is C20H21ClFN7O2S. The highest BCUT2D eigenvalue weighted by molar-refractivity contribution is 7.91. The standard InChI is InChI=1S/C20H21ClFN7O2S/c1-25-20(24)29-7-3-2-6-27-32(29,31)12-14-9-15(4-5-17(14)22)28-19(30)18-16(21)8-13(10-23)11-26-18/h4-5,8-9,11H,2-3,6-7,12H2,1H3,(H2,24,25)(H,28,30). The lowest BCUT2D eigenvalue weighted by Crippen LogP contribution is -2.42. The summed E-state index contributed by atoms with van der Waals surface area (Å²) in [5.74, 6) is -1.38. The van der Waals surface area contributed by atoms with E-state index in [1.165, 1.54) is 41.8 Å². The number of nitrogens with two attached hydrogens (primary N) is 1. The zero-order valence-electron chi connectivity index (χ0n) is 17.2. The molecule has 0 bridgehead atoms. The molecule has 0 spiro atoms. The molecular weight excluding hydrogens is 457 g/mol. The summed E-state index contributed by atoms with van der Waals surface area (Å²) in [6.07, 6.45) is 2.69. The number of carbonyl (C=O) groups excluding carboxylic acids is 1. The van der Waals surface area contributed by atoms with Crippen molar-refractivity contribution < 1.29 is 13.4 Å². The van der Waals surface area contributed by atoms with Crippen LogP contribution in [0.5, 0.6) is 0 Å².